The zero-order chi connectivity index (χ0) is 10.6. The molecule has 3 heteroatoms. The highest BCUT2D eigenvalue weighted by molar-refractivity contribution is 6.51. The first-order valence-corrected chi connectivity index (χ1v) is 8.06. The van der Waals surface area contributed by atoms with Crippen molar-refractivity contribution in [3.05, 3.63) is 0 Å². The number of unbranched alkanes of at least 4 members (excludes halogenated alkanes) is 1. The summed E-state index contributed by atoms with van der Waals surface area (Å²) in [6.07, 6.45) is 4.98. The topological polar surface area (TPSA) is 18.5 Å². The molecule has 0 aliphatic heterocycles. The van der Waals surface area contributed by atoms with Crippen LogP contribution in [0.25, 0.3) is 0 Å². The van der Waals surface area contributed by atoms with Crippen LogP contribution in [0.4, 0.5) is 0 Å². The zero-order valence-electron chi connectivity index (χ0n) is 10.1. The molecule has 0 radical (unpaired) electrons. The van der Waals surface area contributed by atoms with Crippen LogP contribution in [-0.2, 0) is 9.16 Å². The summed E-state index contributed by atoms with van der Waals surface area (Å²) in [7, 11) is 0.898. The fourth-order valence-electron chi connectivity index (χ4n) is 1.52. The lowest BCUT2D eigenvalue weighted by atomic mass is 10.4. The quantitative estimate of drug-likeness (QED) is 0.414. The third kappa shape index (κ3) is 8.72. The Bertz CT molecular complexity index is 109. The van der Waals surface area contributed by atoms with Crippen molar-refractivity contribution in [1.29, 1.82) is 0 Å². The summed E-state index contributed by atoms with van der Waals surface area (Å²) in [6.45, 7) is 6.25. The maximum absolute atomic E-state index is 5.95. The van der Waals surface area contributed by atoms with Gasteiger partial charge >= 0.3 is 0 Å². The molecule has 0 heterocycles. The van der Waals surface area contributed by atoms with Crippen LogP contribution in [0, 0.1) is 0 Å². The molecular formula is C11H26O2Si. The molecule has 86 valence electrons. The van der Waals surface area contributed by atoms with Gasteiger partial charge in [0.25, 0.3) is 0 Å². The Balaban J connectivity index is 3.40. The van der Waals surface area contributed by atoms with Crippen LogP contribution in [0.2, 0.25) is 12.1 Å². The summed E-state index contributed by atoms with van der Waals surface area (Å²) >= 11 is 0. The minimum atomic E-state index is -0.850. The molecule has 0 N–H and O–H groups in total. The first kappa shape index (κ1) is 14.1. The van der Waals surface area contributed by atoms with E-state index >= 15 is 0 Å². The van der Waals surface area contributed by atoms with Crippen molar-refractivity contribution >= 4 is 9.04 Å². The van der Waals surface area contributed by atoms with E-state index in [1.807, 2.05) is 0 Å². The van der Waals surface area contributed by atoms with E-state index in [4.69, 9.17) is 9.16 Å². The van der Waals surface area contributed by atoms with Crippen molar-refractivity contribution in [2.45, 2.75) is 51.6 Å². The summed E-state index contributed by atoms with van der Waals surface area (Å²) in [6, 6.07) is 2.70. The van der Waals surface area contributed by atoms with Crippen LogP contribution in [0.5, 0.6) is 0 Å². The summed E-state index contributed by atoms with van der Waals surface area (Å²) in [4.78, 5) is 0. The standard InChI is InChI=1S/C11H26O2Si/c1-4-6-11-14(10-5-2)13-9-7-8-12-3/h14H,4-11H2,1-3H3. The van der Waals surface area contributed by atoms with Crippen LogP contribution in [0.15, 0.2) is 0 Å². The van der Waals surface area contributed by atoms with Gasteiger partial charge in [0, 0.05) is 20.3 Å². The minimum Gasteiger partial charge on any atom is -0.420 e. The van der Waals surface area contributed by atoms with Gasteiger partial charge in [0.2, 0.25) is 0 Å². The molecule has 0 aromatic carbocycles. The largest absolute Gasteiger partial charge is 0.420 e. The molecule has 0 amide bonds. The van der Waals surface area contributed by atoms with Crippen LogP contribution < -0.4 is 0 Å². The third-order valence-electron chi connectivity index (χ3n) is 2.34. The normalized spacial score (nSPS) is 13.1. The van der Waals surface area contributed by atoms with E-state index in [1.165, 1.54) is 31.4 Å². The van der Waals surface area contributed by atoms with Crippen LogP contribution in [0.3, 0.4) is 0 Å². The van der Waals surface area contributed by atoms with Crippen molar-refractivity contribution in [3.63, 3.8) is 0 Å². The highest BCUT2D eigenvalue weighted by Gasteiger charge is 2.09. The highest BCUT2D eigenvalue weighted by Crippen LogP contribution is 2.09. The van der Waals surface area contributed by atoms with Gasteiger partial charge in [0.05, 0.1) is 0 Å². The van der Waals surface area contributed by atoms with Crippen molar-refractivity contribution < 1.29 is 9.16 Å². The van der Waals surface area contributed by atoms with Gasteiger partial charge < -0.3 is 9.16 Å². The Kier molecular flexibility index (Phi) is 11.3. The van der Waals surface area contributed by atoms with Crippen molar-refractivity contribution in [1.82, 2.24) is 0 Å². The highest BCUT2D eigenvalue weighted by atomic mass is 28.3. The minimum absolute atomic E-state index is 0.834. The number of ether oxygens (including phenoxy) is 1. The van der Waals surface area contributed by atoms with E-state index in [0.717, 1.165) is 19.6 Å². The van der Waals surface area contributed by atoms with Gasteiger partial charge in [-0.15, -0.1) is 0 Å². The predicted molar refractivity (Wildman–Crippen MR) is 64.4 cm³/mol. The van der Waals surface area contributed by atoms with Gasteiger partial charge in [-0.3, -0.25) is 0 Å². The Morgan fingerprint density at radius 1 is 0.929 bits per heavy atom. The molecule has 1 atom stereocenters. The second-order valence-corrected chi connectivity index (χ2v) is 6.50. The molecule has 0 saturated heterocycles. The van der Waals surface area contributed by atoms with E-state index in [2.05, 4.69) is 13.8 Å². The molecule has 0 spiro atoms. The molecule has 0 fully saturated rings. The second-order valence-electron chi connectivity index (χ2n) is 3.77. The smallest absolute Gasteiger partial charge is 0.176 e. The fraction of sp³-hybridized carbons (Fsp3) is 1.00. The van der Waals surface area contributed by atoms with Crippen LogP contribution in [-0.4, -0.2) is 29.4 Å². The van der Waals surface area contributed by atoms with Gasteiger partial charge in [-0.2, -0.15) is 0 Å². The maximum Gasteiger partial charge on any atom is 0.176 e. The molecule has 0 bridgehead atoms. The molecule has 0 rings (SSSR count). The second kappa shape index (κ2) is 11.2. The summed E-state index contributed by atoms with van der Waals surface area (Å²) < 4.78 is 10.9. The van der Waals surface area contributed by atoms with E-state index in [-0.39, 0.29) is 0 Å². The van der Waals surface area contributed by atoms with Crippen molar-refractivity contribution in [2.75, 3.05) is 20.3 Å². The first-order chi connectivity index (χ1) is 6.85. The van der Waals surface area contributed by atoms with Crippen molar-refractivity contribution in [3.8, 4) is 0 Å². The molecule has 0 aliphatic rings. The average molecular weight is 218 g/mol. The first-order valence-electron chi connectivity index (χ1n) is 5.95. The SMILES string of the molecule is CCCC[SiH](CCC)OCCCOC. The molecule has 0 saturated carbocycles. The third-order valence-corrected chi connectivity index (χ3v) is 5.32. The molecule has 14 heavy (non-hydrogen) atoms. The zero-order valence-corrected chi connectivity index (χ0v) is 11.2. The Labute approximate surface area is 90.7 Å². The Morgan fingerprint density at radius 3 is 2.29 bits per heavy atom. The van der Waals surface area contributed by atoms with E-state index in [1.54, 1.807) is 7.11 Å². The maximum atomic E-state index is 5.95. The Hall–Kier alpha value is 0.137. The van der Waals surface area contributed by atoms with E-state index < -0.39 is 9.04 Å². The van der Waals surface area contributed by atoms with Gasteiger partial charge in [0.1, 0.15) is 0 Å². The lowest BCUT2D eigenvalue weighted by molar-refractivity contribution is 0.171. The van der Waals surface area contributed by atoms with Crippen LogP contribution in [0.1, 0.15) is 39.5 Å². The van der Waals surface area contributed by atoms with E-state index in [9.17, 15) is 0 Å². The monoisotopic (exact) mass is 218 g/mol. The molecule has 0 aliphatic carbocycles. The number of hydrogen-bond donors (Lipinski definition) is 0. The molecule has 2 nitrogen and oxygen atoms in total. The summed E-state index contributed by atoms with van der Waals surface area (Å²) in [5.74, 6) is 0. The summed E-state index contributed by atoms with van der Waals surface area (Å²) in [5.41, 5.74) is 0. The van der Waals surface area contributed by atoms with Crippen molar-refractivity contribution in [2.24, 2.45) is 0 Å². The predicted octanol–water partition coefficient (Wildman–Crippen LogP) is 2.97. The lowest BCUT2D eigenvalue weighted by Crippen LogP contribution is -2.18. The van der Waals surface area contributed by atoms with E-state index in [0.29, 0.717) is 0 Å². The molecule has 0 aromatic heterocycles. The number of methoxy groups -OCH3 is 1. The molecule has 0 aromatic rings. The van der Waals surface area contributed by atoms with Gasteiger partial charge in [-0.25, -0.2) is 0 Å². The van der Waals surface area contributed by atoms with Gasteiger partial charge in [0.15, 0.2) is 9.04 Å². The number of rotatable bonds is 10. The molecular weight excluding hydrogens is 192 g/mol. The molecule has 1 unspecified atom stereocenters. The van der Waals surface area contributed by atoms with Gasteiger partial charge in [-0.05, 0) is 18.5 Å². The summed E-state index contributed by atoms with van der Waals surface area (Å²) in [5, 5.41) is 0. The van der Waals surface area contributed by atoms with Crippen LogP contribution >= 0.6 is 0 Å². The van der Waals surface area contributed by atoms with Gasteiger partial charge in [-0.1, -0.05) is 33.1 Å². The Morgan fingerprint density at radius 2 is 1.71 bits per heavy atom. The average Bonchev–Trinajstić information content (AvgIpc) is 2.20. The lowest BCUT2D eigenvalue weighted by Gasteiger charge is -2.14. The fourth-order valence-corrected chi connectivity index (χ4v) is 4.15. The number of hydrogen-bond acceptors (Lipinski definition) is 2.